The number of hydrogen-bond donors (Lipinski definition) is 3. The van der Waals surface area contributed by atoms with E-state index in [1.54, 1.807) is 0 Å². The summed E-state index contributed by atoms with van der Waals surface area (Å²) >= 11 is 0. The molecule has 1 aromatic rings. The second kappa shape index (κ2) is 17.5. The van der Waals surface area contributed by atoms with Gasteiger partial charge in [0, 0.05) is 30.9 Å². The fourth-order valence-corrected chi connectivity index (χ4v) is 5.42. The van der Waals surface area contributed by atoms with Crippen molar-refractivity contribution in [3.63, 3.8) is 0 Å². The molecule has 230 valence electrons. The third-order valence-electron chi connectivity index (χ3n) is 7.93. The van der Waals surface area contributed by atoms with Gasteiger partial charge in [0.1, 0.15) is 18.0 Å². The van der Waals surface area contributed by atoms with Crippen molar-refractivity contribution in [2.45, 2.75) is 91.3 Å². The number of allylic oxidation sites excluding steroid dienone is 10. The fourth-order valence-electron chi connectivity index (χ4n) is 5.42. The molecule has 0 spiro atoms. The van der Waals surface area contributed by atoms with Gasteiger partial charge in [0.2, 0.25) is 0 Å². The molecule has 2 rings (SSSR count). The van der Waals surface area contributed by atoms with Gasteiger partial charge in [-0.1, -0.05) is 74.6 Å². The van der Waals surface area contributed by atoms with Gasteiger partial charge in [-0.05, 0) is 84.9 Å². The lowest BCUT2D eigenvalue weighted by molar-refractivity contribution is 0.178. The Bertz CT molecular complexity index is 1180. The molecule has 0 amide bonds. The average molecular weight is 574 g/mol. The van der Waals surface area contributed by atoms with Crippen LogP contribution in [-0.4, -0.2) is 64.7 Å². The lowest BCUT2D eigenvalue weighted by atomic mass is 9.89. The Kier molecular flexibility index (Phi) is 14.5. The van der Waals surface area contributed by atoms with Crippen molar-refractivity contribution in [3.8, 4) is 0 Å². The number of hydrogen-bond acceptors (Lipinski definition) is 7. The van der Waals surface area contributed by atoms with Crippen LogP contribution in [0, 0.1) is 11.3 Å². The molecule has 0 aromatic carbocycles. The first-order valence-corrected chi connectivity index (χ1v) is 15.3. The van der Waals surface area contributed by atoms with Crippen LogP contribution in [0.4, 0.5) is 11.6 Å². The molecule has 0 saturated heterocycles. The number of nitrogens with one attached hydrogen (secondary N) is 2. The van der Waals surface area contributed by atoms with E-state index in [2.05, 4.69) is 85.7 Å². The van der Waals surface area contributed by atoms with Crippen molar-refractivity contribution in [1.82, 2.24) is 19.8 Å². The number of rotatable bonds is 15. The van der Waals surface area contributed by atoms with E-state index in [0.29, 0.717) is 40.9 Å². The van der Waals surface area contributed by atoms with Crippen LogP contribution in [0.3, 0.4) is 0 Å². The average Bonchev–Trinajstić information content (AvgIpc) is 2.95. The summed E-state index contributed by atoms with van der Waals surface area (Å²) in [6, 6.07) is 1.06. The number of nitrogens with two attached hydrogens (primary N) is 1. The van der Waals surface area contributed by atoms with Crippen LogP contribution >= 0.6 is 0 Å². The van der Waals surface area contributed by atoms with Gasteiger partial charge >= 0.3 is 0 Å². The predicted octanol–water partition coefficient (Wildman–Crippen LogP) is 7.54. The molecule has 0 aliphatic heterocycles. The lowest BCUT2D eigenvalue weighted by Crippen LogP contribution is -2.43. The van der Waals surface area contributed by atoms with E-state index in [4.69, 9.17) is 11.1 Å². The van der Waals surface area contributed by atoms with Crippen molar-refractivity contribution in [3.05, 3.63) is 83.9 Å². The number of aromatic nitrogens is 2. The summed E-state index contributed by atoms with van der Waals surface area (Å²) in [5.74, 6) is 1.55. The van der Waals surface area contributed by atoms with Gasteiger partial charge in [-0.15, -0.1) is 0 Å². The van der Waals surface area contributed by atoms with Gasteiger partial charge < -0.3 is 20.9 Å². The summed E-state index contributed by atoms with van der Waals surface area (Å²) < 4.78 is 0. The van der Waals surface area contributed by atoms with Crippen molar-refractivity contribution in [2.24, 2.45) is 5.92 Å². The summed E-state index contributed by atoms with van der Waals surface area (Å²) in [5, 5.41) is 12.7. The van der Waals surface area contributed by atoms with Crippen LogP contribution in [0.1, 0.15) is 78.7 Å². The molecule has 0 unspecified atom stereocenters. The molecule has 1 saturated carbocycles. The van der Waals surface area contributed by atoms with E-state index in [1.807, 2.05) is 50.3 Å². The van der Waals surface area contributed by atoms with Crippen LogP contribution < -0.4 is 11.1 Å². The minimum absolute atomic E-state index is 0.255. The molecule has 4 N–H and O–H groups in total. The Morgan fingerprint density at radius 2 is 1.79 bits per heavy atom. The Labute approximate surface area is 255 Å². The van der Waals surface area contributed by atoms with Crippen molar-refractivity contribution < 1.29 is 0 Å². The molecule has 1 aromatic heterocycles. The van der Waals surface area contributed by atoms with Crippen LogP contribution in [0.25, 0.3) is 0 Å². The van der Waals surface area contributed by atoms with Crippen LogP contribution in [-0.2, 0) is 0 Å². The summed E-state index contributed by atoms with van der Waals surface area (Å²) in [4.78, 5) is 13.5. The molecule has 1 fully saturated rings. The molecule has 7 heteroatoms. The van der Waals surface area contributed by atoms with Crippen molar-refractivity contribution in [1.29, 1.82) is 5.41 Å². The zero-order valence-corrected chi connectivity index (χ0v) is 27.3. The Morgan fingerprint density at radius 3 is 2.38 bits per heavy atom. The van der Waals surface area contributed by atoms with E-state index < -0.39 is 0 Å². The van der Waals surface area contributed by atoms with Gasteiger partial charge in [0.05, 0.1) is 11.3 Å². The maximum Gasteiger partial charge on any atom is 0.141 e. The zero-order valence-electron chi connectivity index (χ0n) is 27.3. The zero-order chi connectivity index (χ0) is 31.2. The van der Waals surface area contributed by atoms with Gasteiger partial charge in [0.15, 0.2) is 0 Å². The molecule has 1 atom stereocenters. The standard InChI is InChI=1S/C35H55N7/c1-10-12-16-26(5)17-13-14-18-28(15-11-2)33(36)32-34(37)38-24-39-35(32)40-29-19-21-30(22-20-29)42(9)27(6)31(41(7)8)23-25(3)4/h10-16,18,24-25,29-31,36H,6,17,19-23H2,1-5,7-9H3,(H3,37,38,39,40)/b12-10-,14-13+,15-11-,26-16+,28-18+,36-33?/t29-,30+,31-/m0/s1. The van der Waals surface area contributed by atoms with Gasteiger partial charge in [-0.3, -0.25) is 5.41 Å². The van der Waals surface area contributed by atoms with E-state index in [0.717, 1.165) is 44.1 Å². The highest BCUT2D eigenvalue weighted by Crippen LogP contribution is 2.30. The molecule has 0 radical (unpaired) electrons. The molecule has 7 nitrogen and oxygen atoms in total. The van der Waals surface area contributed by atoms with Gasteiger partial charge in [0.25, 0.3) is 0 Å². The second-order valence-electron chi connectivity index (χ2n) is 12.0. The fraction of sp³-hybridized carbons (Fsp3) is 0.514. The van der Waals surface area contributed by atoms with Crippen LogP contribution in [0.15, 0.2) is 78.4 Å². The molecule has 1 aliphatic carbocycles. The first-order valence-electron chi connectivity index (χ1n) is 15.3. The first-order chi connectivity index (χ1) is 20.0. The molecule has 1 aliphatic rings. The lowest BCUT2D eigenvalue weighted by Gasteiger charge is -2.41. The maximum absolute atomic E-state index is 9.06. The molecular formula is C35H55N7. The highest BCUT2D eigenvalue weighted by Gasteiger charge is 2.29. The SMILES string of the molecule is C=C([C@H](CC(C)C)N(C)C)N(C)[C@H]1CC[C@@H](Nc2ncnc(N)c2C(=N)C(/C=C\C)=C/C=C/C/C(C)=C/C=C\C)CC1. The smallest absolute Gasteiger partial charge is 0.141 e. The maximum atomic E-state index is 9.06. The highest BCUT2D eigenvalue weighted by atomic mass is 15.2. The van der Waals surface area contributed by atoms with Crippen molar-refractivity contribution in [2.75, 3.05) is 32.2 Å². The van der Waals surface area contributed by atoms with E-state index in [1.165, 1.54) is 17.6 Å². The number of nitrogen functional groups attached to an aromatic ring is 1. The monoisotopic (exact) mass is 573 g/mol. The third kappa shape index (κ3) is 10.4. The predicted molar refractivity (Wildman–Crippen MR) is 182 cm³/mol. The Balaban J connectivity index is 2.14. The van der Waals surface area contributed by atoms with Crippen molar-refractivity contribution >= 4 is 17.3 Å². The Morgan fingerprint density at radius 1 is 1.10 bits per heavy atom. The molecular weight excluding hydrogens is 518 g/mol. The normalized spacial score (nSPS) is 19.4. The first kappa shape index (κ1) is 34.7. The minimum atomic E-state index is 0.255. The van der Waals surface area contributed by atoms with E-state index in [-0.39, 0.29) is 6.04 Å². The minimum Gasteiger partial charge on any atom is -0.383 e. The summed E-state index contributed by atoms with van der Waals surface area (Å²) in [6.45, 7) is 15.1. The summed E-state index contributed by atoms with van der Waals surface area (Å²) in [7, 11) is 6.49. The Hall–Kier alpha value is -3.45. The van der Waals surface area contributed by atoms with Gasteiger partial charge in [-0.25, -0.2) is 9.97 Å². The van der Waals surface area contributed by atoms with Gasteiger partial charge in [-0.2, -0.15) is 0 Å². The van der Waals surface area contributed by atoms with Crippen LogP contribution in [0.5, 0.6) is 0 Å². The van der Waals surface area contributed by atoms with E-state index in [9.17, 15) is 0 Å². The largest absolute Gasteiger partial charge is 0.383 e. The number of nitrogens with zero attached hydrogens (tertiary/aromatic N) is 4. The third-order valence-corrected chi connectivity index (χ3v) is 7.93. The summed E-state index contributed by atoms with van der Waals surface area (Å²) in [6.07, 6.45) is 23.7. The number of likely N-dealkylation sites (N-methyl/N-ethyl adjacent to an activating group) is 2. The topological polar surface area (TPSA) is 94.2 Å². The number of anilines is 2. The second-order valence-corrected chi connectivity index (χ2v) is 12.0. The van der Waals surface area contributed by atoms with Crippen LogP contribution in [0.2, 0.25) is 0 Å². The molecule has 42 heavy (non-hydrogen) atoms. The summed E-state index contributed by atoms with van der Waals surface area (Å²) in [5.41, 5.74) is 10.4. The quantitative estimate of drug-likeness (QED) is 0.148. The highest BCUT2D eigenvalue weighted by molar-refractivity contribution is 6.17. The molecule has 0 bridgehead atoms. The molecule has 1 heterocycles. The van der Waals surface area contributed by atoms with E-state index >= 15 is 0 Å².